The van der Waals surface area contributed by atoms with Crippen LogP contribution in [0.5, 0.6) is 0 Å². The summed E-state index contributed by atoms with van der Waals surface area (Å²) in [5, 5.41) is 23.4. The van der Waals surface area contributed by atoms with Crippen LogP contribution in [-0.4, -0.2) is 46.8 Å². The Labute approximate surface area is 94.0 Å². The Morgan fingerprint density at radius 2 is 2.06 bits per heavy atom. The summed E-state index contributed by atoms with van der Waals surface area (Å²) in [5.74, 6) is -1.58. The summed E-state index contributed by atoms with van der Waals surface area (Å²) in [5.41, 5.74) is 0. The molecule has 0 spiro atoms. The second-order valence-corrected chi connectivity index (χ2v) is 4.42. The number of carbonyl (C=O) groups excluding carboxylic acids is 1. The highest BCUT2D eigenvalue weighted by Gasteiger charge is 2.31. The van der Waals surface area contributed by atoms with E-state index in [4.69, 9.17) is 5.11 Å². The molecule has 0 radical (unpaired) electrons. The minimum atomic E-state index is -1.04. The number of aliphatic hydroxyl groups excluding tert-OH is 1. The van der Waals surface area contributed by atoms with Gasteiger partial charge in [-0.1, -0.05) is 13.8 Å². The molecule has 0 aromatic heterocycles. The fourth-order valence-electron chi connectivity index (χ4n) is 1.68. The van der Waals surface area contributed by atoms with Crippen molar-refractivity contribution in [1.82, 2.24) is 10.6 Å². The molecule has 1 aliphatic heterocycles. The molecule has 0 aromatic rings. The Morgan fingerprint density at radius 3 is 2.44 bits per heavy atom. The second-order valence-electron chi connectivity index (χ2n) is 4.42. The van der Waals surface area contributed by atoms with Crippen LogP contribution < -0.4 is 10.6 Å². The monoisotopic (exact) mass is 230 g/mol. The Morgan fingerprint density at radius 1 is 1.44 bits per heavy atom. The smallest absolute Gasteiger partial charge is 0.326 e. The Bertz CT molecular complexity index is 280. The number of hydrogen-bond acceptors (Lipinski definition) is 4. The van der Waals surface area contributed by atoms with Gasteiger partial charge in [0.05, 0.1) is 12.1 Å². The van der Waals surface area contributed by atoms with Gasteiger partial charge in [-0.2, -0.15) is 0 Å². The largest absolute Gasteiger partial charge is 0.480 e. The van der Waals surface area contributed by atoms with Gasteiger partial charge in [-0.05, 0) is 12.3 Å². The number of aliphatic hydroxyl groups is 1. The molecule has 1 rings (SSSR count). The maximum absolute atomic E-state index is 11.7. The highest BCUT2D eigenvalue weighted by atomic mass is 16.4. The van der Waals surface area contributed by atoms with Crippen LogP contribution in [-0.2, 0) is 9.59 Å². The summed E-state index contributed by atoms with van der Waals surface area (Å²) < 4.78 is 0. The van der Waals surface area contributed by atoms with Gasteiger partial charge in [0.1, 0.15) is 6.04 Å². The number of β-amino-alcohol motifs (C(OH)–C–C–N with tert-alkyl or cyclic N) is 1. The third-order valence-electron chi connectivity index (χ3n) is 2.65. The predicted octanol–water partition coefficient (Wildman–Crippen LogP) is -1.07. The lowest BCUT2D eigenvalue weighted by Gasteiger charge is -2.20. The minimum absolute atomic E-state index is 0.173. The van der Waals surface area contributed by atoms with Gasteiger partial charge >= 0.3 is 5.97 Å². The second kappa shape index (κ2) is 5.27. The maximum Gasteiger partial charge on any atom is 0.326 e. The molecule has 2 unspecified atom stereocenters. The van der Waals surface area contributed by atoms with Crippen molar-refractivity contribution < 1.29 is 19.8 Å². The number of carbonyl (C=O) groups is 2. The van der Waals surface area contributed by atoms with Crippen molar-refractivity contribution in [2.24, 2.45) is 5.92 Å². The quantitative estimate of drug-likeness (QED) is 0.493. The summed E-state index contributed by atoms with van der Waals surface area (Å²) in [4.78, 5) is 22.5. The molecule has 3 atom stereocenters. The van der Waals surface area contributed by atoms with E-state index in [-0.39, 0.29) is 11.8 Å². The van der Waals surface area contributed by atoms with E-state index in [0.717, 1.165) is 0 Å². The van der Waals surface area contributed by atoms with Crippen molar-refractivity contribution in [1.29, 1.82) is 0 Å². The topological polar surface area (TPSA) is 98.7 Å². The average Bonchev–Trinajstić information content (AvgIpc) is 2.59. The van der Waals surface area contributed by atoms with Crippen molar-refractivity contribution in [2.45, 2.75) is 38.5 Å². The number of nitrogens with one attached hydrogen (secondary N) is 2. The van der Waals surface area contributed by atoms with E-state index in [1.54, 1.807) is 13.8 Å². The van der Waals surface area contributed by atoms with Gasteiger partial charge in [0.15, 0.2) is 0 Å². The molecule has 6 heteroatoms. The molecule has 4 N–H and O–H groups in total. The van der Waals surface area contributed by atoms with Gasteiger partial charge in [-0.3, -0.25) is 4.79 Å². The average molecular weight is 230 g/mol. The predicted molar refractivity (Wildman–Crippen MR) is 56.8 cm³/mol. The summed E-state index contributed by atoms with van der Waals surface area (Å²) >= 11 is 0. The lowest BCUT2D eigenvalue weighted by Crippen LogP contribution is -2.50. The number of carboxylic acids is 1. The first-order valence-corrected chi connectivity index (χ1v) is 5.36. The first-order chi connectivity index (χ1) is 7.41. The summed E-state index contributed by atoms with van der Waals surface area (Å²) in [6.45, 7) is 3.84. The number of hydrogen-bond donors (Lipinski definition) is 4. The molecule has 1 amide bonds. The first-order valence-electron chi connectivity index (χ1n) is 5.36. The number of rotatable bonds is 4. The van der Waals surface area contributed by atoms with Gasteiger partial charge < -0.3 is 20.8 Å². The molecule has 0 aliphatic carbocycles. The van der Waals surface area contributed by atoms with E-state index in [0.29, 0.717) is 13.0 Å². The fourth-order valence-corrected chi connectivity index (χ4v) is 1.68. The van der Waals surface area contributed by atoms with E-state index in [1.165, 1.54) is 0 Å². The molecule has 16 heavy (non-hydrogen) atoms. The summed E-state index contributed by atoms with van der Waals surface area (Å²) in [7, 11) is 0. The van der Waals surface area contributed by atoms with Crippen LogP contribution in [0.2, 0.25) is 0 Å². The number of aliphatic carboxylic acids is 1. The zero-order chi connectivity index (χ0) is 12.3. The number of amides is 1. The zero-order valence-corrected chi connectivity index (χ0v) is 9.43. The third kappa shape index (κ3) is 3.18. The highest BCUT2D eigenvalue weighted by Crippen LogP contribution is 2.08. The van der Waals surface area contributed by atoms with E-state index in [1.807, 2.05) is 0 Å². The Balaban J connectivity index is 2.52. The van der Waals surface area contributed by atoms with Crippen molar-refractivity contribution >= 4 is 11.9 Å². The standard InChI is InChI=1S/C10H18N2O4/c1-5(2)8(10(15)16)12-9(14)7-3-6(13)4-11-7/h5-8,11,13H,3-4H2,1-2H3,(H,12,14)(H,15,16)/t6?,7?,8-/m1/s1. The van der Waals surface area contributed by atoms with Gasteiger partial charge in [0.25, 0.3) is 0 Å². The van der Waals surface area contributed by atoms with Crippen LogP contribution >= 0.6 is 0 Å². The molecule has 6 nitrogen and oxygen atoms in total. The maximum atomic E-state index is 11.7. The Hall–Kier alpha value is -1.14. The van der Waals surface area contributed by atoms with Crippen molar-refractivity contribution in [3.8, 4) is 0 Å². The lowest BCUT2D eigenvalue weighted by molar-refractivity contribution is -0.143. The molecule has 1 aliphatic rings. The SMILES string of the molecule is CC(C)[C@@H](NC(=O)C1CC(O)CN1)C(=O)O. The number of carboxylic acid groups (broad SMARTS) is 1. The molecule has 92 valence electrons. The van der Waals surface area contributed by atoms with Gasteiger partial charge in [0.2, 0.25) is 5.91 Å². The first kappa shape index (κ1) is 12.9. The van der Waals surface area contributed by atoms with Crippen LogP contribution in [0.1, 0.15) is 20.3 Å². The van der Waals surface area contributed by atoms with Gasteiger partial charge in [-0.25, -0.2) is 4.79 Å². The molecular formula is C10H18N2O4. The highest BCUT2D eigenvalue weighted by molar-refractivity contribution is 5.87. The van der Waals surface area contributed by atoms with Crippen LogP contribution in [0, 0.1) is 5.92 Å². The lowest BCUT2D eigenvalue weighted by atomic mass is 10.0. The molecule has 1 fully saturated rings. The molecule has 0 bridgehead atoms. The van der Waals surface area contributed by atoms with E-state index in [2.05, 4.69) is 10.6 Å². The molecule has 1 saturated heterocycles. The van der Waals surface area contributed by atoms with Crippen molar-refractivity contribution in [2.75, 3.05) is 6.54 Å². The summed E-state index contributed by atoms with van der Waals surface area (Å²) in [6, 6.07) is -1.37. The van der Waals surface area contributed by atoms with E-state index < -0.39 is 24.2 Å². The zero-order valence-electron chi connectivity index (χ0n) is 9.43. The summed E-state index contributed by atoms with van der Waals surface area (Å²) in [6.07, 6.45) is -0.200. The van der Waals surface area contributed by atoms with Crippen LogP contribution in [0.3, 0.4) is 0 Å². The molecule has 0 saturated carbocycles. The van der Waals surface area contributed by atoms with Gasteiger partial charge in [-0.15, -0.1) is 0 Å². The molecular weight excluding hydrogens is 212 g/mol. The van der Waals surface area contributed by atoms with E-state index in [9.17, 15) is 14.7 Å². The van der Waals surface area contributed by atoms with Gasteiger partial charge in [0, 0.05) is 6.54 Å². The third-order valence-corrected chi connectivity index (χ3v) is 2.65. The van der Waals surface area contributed by atoms with Crippen LogP contribution in [0.4, 0.5) is 0 Å². The minimum Gasteiger partial charge on any atom is -0.480 e. The Kier molecular flexibility index (Phi) is 4.26. The van der Waals surface area contributed by atoms with Crippen LogP contribution in [0.15, 0.2) is 0 Å². The van der Waals surface area contributed by atoms with Crippen molar-refractivity contribution in [3.63, 3.8) is 0 Å². The molecule has 0 aromatic carbocycles. The van der Waals surface area contributed by atoms with Crippen LogP contribution in [0.25, 0.3) is 0 Å². The van der Waals surface area contributed by atoms with Crippen molar-refractivity contribution in [3.05, 3.63) is 0 Å². The fraction of sp³-hybridized carbons (Fsp3) is 0.800. The van der Waals surface area contributed by atoms with E-state index >= 15 is 0 Å². The molecule has 1 heterocycles. The normalized spacial score (nSPS) is 26.8.